The van der Waals surface area contributed by atoms with Gasteiger partial charge in [0.1, 0.15) is 0 Å². The third kappa shape index (κ3) is 5.11. The summed E-state index contributed by atoms with van der Waals surface area (Å²) in [7, 11) is 0. The van der Waals surface area contributed by atoms with E-state index in [1.807, 2.05) is 47.7 Å². The van der Waals surface area contributed by atoms with E-state index >= 15 is 0 Å². The Kier molecular flexibility index (Phi) is 7.41. The molecule has 12 rings (SSSR count). The van der Waals surface area contributed by atoms with Gasteiger partial charge in [0.15, 0.2) is 17.5 Å². The van der Waals surface area contributed by atoms with E-state index in [0.29, 0.717) is 17.5 Å². The van der Waals surface area contributed by atoms with Gasteiger partial charge in [-0.25, -0.2) is 15.0 Å². The number of rotatable bonds is 5. The summed E-state index contributed by atoms with van der Waals surface area (Å²) in [5, 5.41) is 4.82. The van der Waals surface area contributed by atoms with Crippen LogP contribution in [-0.2, 0) is 5.41 Å². The van der Waals surface area contributed by atoms with Gasteiger partial charge >= 0.3 is 0 Å². The number of thiophene rings is 1. The van der Waals surface area contributed by atoms with Crippen LogP contribution in [0, 0.1) is 0 Å². The Morgan fingerprint density at radius 3 is 1.78 bits per heavy atom. The standard InChI is InChI=1S/C54H36N4S/c1-54(2)43-27-12-9-23-40(43)49-37(24-16-28-44(49)54)39-26-15-25-38-35-21-10-13-29-45(35)58(50(38)39)46-32-48-41(36-22-11-14-30-47(36)59-48)31-42(46)53-56-51(33-17-5-3-6-18-33)55-52(57-53)34-19-7-4-8-20-34/h3-32H,1-2H3. The van der Waals surface area contributed by atoms with Gasteiger partial charge in [-0.15, -0.1) is 11.3 Å². The van der Waals surface area contributed by atoms with Gasteiger partial charge < -0.3 is 4.57 Å². The lowest BCUT2D eigenvalue weighted by Gasteiger charge is -2.22. The number of benzene rings is 8. The Balaban J connectivity index is 1.22. The molecule has 11 aromatic rings. The summed E-state index contributed by atoms with van der Waals surface area (Å²) < 4.78 is 4.95. The van der Waals surface area contributed by atoms with E-state index in [0.717, 1.165) is 33.4 Å². The normalized spacial score (nSPS) is 13.1. The molecule has 0 atom stereocenters. The molecule has 278 valence electrons. The van der Waals surface area contributed by atoms with Crippen molar-refractivity contribution in [3.05, 3.63) is 193 Å². The second-order valence-corrected chi connectivity index (χ2v) is 17.0. The minimum atomic E-state index is -0.118. The molecule has 0 fully saturated rings. The highest BCUT2D eigenvalue weighted by Gasteiger charge is 2.37. The van der Waals surface area contributed by atoms with Crippen LogP contribution in [0.5, 0.6) is 0 Å². The molecule has 0 aliphatic heterocycles. The van der Waals surface area contributed by atoms with Crippen LogP contribution >= 0.6 is 11.3 Å². The van der Waals surface area contributed by atoms with Crippen LogP contribution in [0.4, 0.5) is 0 Å². The van der Waals surface area contributed by atoms with Gasteiger partial charge in [-0.1, -0.05) is 172 Å². The number of hydrogen-bond donors (Lipinski definition) is 0. The molecule has 0 N–H and O–H groups in total. The predicted molar refractivity (Wildman–Crippen MR) is 246 cm³/mol. The van der Waals surface area contributed by atoms with Gasteiger partial charge in [0.25, 0.3) is 0 Å². The molecule has 3 heterocycles. The van der Waals surface area contributed by atoms with E-state index in [9.17, 15) is 0 Å². The van der Waals surface area contributed by atoms with E-state index in [-0.39, 0.29) is 5.41 Å². The molecular weight excluding hydrogens is 737 g/mol. The zero-order valence-corrected chi connectivity index (χ0v) is 33.3. The van der Waals surface area contributed by atoms with Crippen LogP contribution in [0.3, 0.4) is 0 Å². The Hall–Kier alpha value is -7.21. The minimum Gasteiger partial charge on any atom is -0.308 e. The number of para-hydroxylation sites is 2. The second kappa shape index (κ2) is 12.9. The van der Waals surface area contributed by atoms with Crippen molar-refractivity contribution < 1.29 is 0 Å². The molecule has 0 amide bonds. The van der Waals surface area contributed by atoms with Crippen molar-refractivity contribution in [3.8, 4) is 62.1 Å². The first kappa shape index (κ1) is 33.9. The maximum atomic E-state index is 5.34. The van der Waals surface area contributed by atoms with E-state index in [1.54, 1.807) is 0 Å². The summed E-state index contributed by atoms with van der Waals surface area (Å²) >= 11 is 1.83. The lowest BCUT2D eigenvalue weighted by atomic mass is 9.82. The Morgan fingerprint density at radius 1 is 0.424 bits per heavy atom. The van der Waals surface area contributed by atoms with Crippen LogP contribution in [0.15, 0.2) is 182 Å². The molecule has 0 radical (unpaired) electrons. The molecule has 4 nitrogen and oxygen atoms in total. The van der Waals surface area contributed by atoms with Crippen molar-refractivity contribution in [2.24, 2.45) is 0 Å². The minimum absolute atomic E-state index is 0.118. The average molecular weight is 773 g/mol. The van der Waals surface area contributed by atoms with Crippen molar-refractivity contribution >= 4 is 53.3 Å². The fourth-order valence-corrected chi connectivity index (χ4v) is 10.6. The van der Waals surface area contributed by atoms with Crippen molar-refractivity contribution in [1.82, 2.24) is 19.5 Å². The topological polar surface area (TPSA) is 43.6 Å². The first-order valence-electron chi connectivity index (χ1n) is 20.1. The largest absolute Gasteiger partial charge is 0.308 e. The highest BCUT2D eigenvalue weighted by molar-refractivity contribution is 7.25. The Bertz CT molecular complexity index is 3410. The molecule has 8 aromatic carbocycles. The van der Waals surface area contributed by atoms with E-state index < -0.39 is 0 Å². The predicted octanol–water partition coefficient (Wildman–Crippen LogP) is 14.3. The lowest BCUT2D eigenvalue weighted by molar-refractivity contribution is 0.660. The molecule has 59 heavy (non-hydrogen) atoms. The van der Waals surface area contributed by atoms with Crippen molar-refractivity contribution in [1.29, 1.82) is 0 Å². The van der Waals surface area contributed by atoms with Crippen LogP contribution in [0.1, 0.15) is 25.0 Å². The zero-order valence-electron chi connectivity index (χ0n) is 32.5. The number of nitrogens with zero attached hydrogens (tertiary/aromatic N) is 4. The third-order valence-electron chi connectivity index (χ3n) is 12.3. The monoisotopic (exact) mass is 772 g/mol. The lowest BCUT2D eigenvalue weighted by Crippen LogP contribution is -2.14. The third-order valence-corrected chi connectivity index (χ3v) is 13.4. The van der Waals surface area contributed by atoms with Gasteiger partial charge in [0.05, 0.1) is 16.7 Å². The summed E-state index contributed by atoms with van der Waals surface area (Å²) in [6.45, 7) is 4.71. The van der Waals surface area contributed by atoms with Crippen LogP contribution < -0.4 is 0 Å². The summed E-state index contributed by atoms with van der Waals surface area (Å²) in [4.78, 5) is 15.8. The average Bonchev–Trinajstić information content (AvgIpc) is 3.91. The maximum absolute atomic E-state index is 5.34. The molecular formula is C54H36N4S. The second-order valence-electron chi connectivity index (χ2n) is 16.0. The molecule has 0 unspecified atom stereocenters. The highest BCUT2D eigenvalue weighted by Crippen LogP contribution is 2.53. The maximum Gasteiger partial charge on any atom is 0.166 e. The van der Waals surface area contributed by atoms with Gasteiger partial charge in [0.2, 0.25) is 0 Å². The smallest absolute Gasteiger partial charge is 0.166 e. The van der Waals surface area contributed by atoms with Crippen molar-refractivity contribution in [2.45, 2.75) is 19.3 Å². The Morgan fingerprint density at radius 2 is 1.00 bits per heavy atom. The zero-order chi connectivity index (χ0) is 39.2. The number of hydrogen-bond acceptors (Lipinski definition) is 4. The van der Waals surface area contributed by atoms with E-state index in [2.05, 4.69) is 164 Å². The van der Waals surface area contributed by atoms with Gasteiger partial charge in [0, 0.05) is 58.6 Å². The first-order chi connectivity index (χ1) is 29.0. The number of aromatic nitrogens is 4. The van der Waals surface area contributed by atoms with Gasteiger partial charge in [-0.05, 0) is 52.1 Å². The SMILES string of the molecule is CC1(C)c2ccccc2-c2c(-c3cccc4c5ccccc5n(-c5cc6sc7ccccc7c6cc5-c5nc(-c6ccccc6)nc(-c6ccccc6)n5)c34)cccc21. The highest BCUT2D eigenvalue weighted by atomic mass is 32.1. The van der Waals surface area contributed by atoms with Gasteiger partial charge in [-0.2, -0.15) is 0 Å². The molecule has 1 aliphatic rings. The van der Waals surface area contributed by atoms with Crippen LogP contribution in [-0.4, -0.2) is 19.5 Å². The quantitative estimate of drug-likeness (QED) is 0.175. The van der Waals surface area contributed by atoms with Gasteiger partial charge in [-0.3, -0.25) is 0 Å². The molecule has 0 bridgehead atoms. The molecule has 0 saturated heterocycles. The van der Waals surface area contributed by atoms with Crippen molar-refractivity contribution in [3.63, 3.8) is 0 Å². The molecule has 5 heteroatoms. The summed E-state index contributed by atoms with van der Waals surface area (Å²) in [5.74, 6) is 1.91. The fourth-order valence-electron chi connectivity index (χ4n) is 9.52. The number of fused-ring (bicyclic) bond motifs is 9. The summed E-state index contributed by atoms with van der Waals surface area (Å²) in [6.07, 6.45) is 0. The molecule has 1 aliphatic carbocycles. The molecule has 0 saturated carbocycles. The van der Waals surface area contributed by atoms with E-state index in [1.165, 1.54) is 64.3 Å². The van der Waals surface area contributed by atoms with E-state index in [4.69, 9.17) is 15.0 Å². The Labute approximate surface area is 345 Å². The summed E-state index contributed by atoms with van der Waals surface area (Å²) in [6, 6.07) is 65.3. The summed E-state index contributed by atoms with van der Waals surface area (Å²) in [5.41, 5.74) is 13.8. The molecule has 3 aromatic heterocycles. The van der Waals surface area contributed by atoms with Crippen LogP contribution in [0.25, 0.3) is 104 Å². The van der Waals surface area contributed by atoms with Crippen LogP contribution in [0.2, 0.25) is 0 Å². The fraction of sp³-hybridized carbons (Fsp3) is 0.0556. The first-order valence-corrected chi connectivity index (χ1v) is 20.9. The molecule has 0 spiro atoms. The van der Waals surface area contributed by atoms with Crippen molar-refractivity contribution in [2.75, 3.05) is 0 Å².